The van der Waals surface area contributed by atoms with Crippen molar-refractivity contribution in [3.63, 3.8) is 0 Å². The minimum absolute atomic E-state index is 0.0314. The first kappa shape index (κ1) is 13.9. The van der Waals surface area contributed by atoms with Crippen LogP contribution in [-0.4, -0.2) is 19.3 Å². The minimum Gasteiger partial charge on any atom is -0.207 e. The van der Waals surface area contributed by atoms with Gasteiger partial charge in [0.1, 0.15) is 16.5 Å². The molecule has 18 heavy (non-hydrogen) atoms. The maximum Gasteiger partial charge on any atom is 0.243 e. The van der Waals surface area contributed by atoms with Crippen LogP contribution in [0.15, 0.2) is 23.1 Å². The number of hydrogen-bond acceptors (Lipinski definition) is 2. The smallest absolute Gasteiger partial charge is 0.207 e. The Kier molecular flexibility index (Phi) is 4.03. The monoisotopic (exact) mass is 339 g/mol. The summed E-state index contributed by atoms with van der Waals surface area (Å²) in [5.41, 5.74) is 0. The van der Waals surface area contributed by atoms with Crippen LogP contribution in [0.2, 0.25) is 0 Å². The summed E-state index contributed by atoms with van der Waals surface area (Å²) < 4.78 is 52.8. The summed E-state index contributed by atoms with van der Waals surface area (Å²) in [6.45, 7) is 0. The van der Waals surface area contributed by atoms with Gasteiger partial charge in [-0.1, -0.05) is 22.4 Å². The van der Waals surface area contributed by atoms with Crippen molar-refractivity contribution < 1.29 is 17.2 Å². The average molecular weight is 340 g/mol. The van der Waals surface area contributed by atoms with Crippen molar-refractivity contribution in [1.29, 1.82) is 0 Å². The van der Waals surface area contributed by atoms with Crippen LogP contribution >= 0.6 is 15.9 Å². The van der Waals surface area contributed by atoms with Crippen LogP contribution in [-0.2, 0) is 10.0 Å². The first-order chi connectivity index (χ1) is 8.40. The number of rotatable bonds is 3. The first-order valence-electron chi connectivity index (χ1n) is 5.51. The van der Waals surface area contributed by atoms with Gasteiger partial charge in [0, 0.05) is 10.9 Å². The van der Waals surface area contributed by atoms with Crippen LogP contribution in [0.5, 0.6) is 0 Å². The maximum absolute atomic E-state index is 13.4. The summed E-state index contributed by atoms with van der Waals surface area (Å²) in [4.78, 5) is -0.613. The van der Waals surface area contributed by atoms with Crippen molar-refractivity contribution in [2.75, 3.05) is 0 Å². The normalized spacial score (nSPS) is 24.4. The molecule has 1 N–H and O–H groups in total. The van der Waals surface area contributed by atoms with E-state index in [1.165, 1.54) is 0 Å². The van der Waals surface area contributed by atoms with Gasteiger partial charge >= 0.3 is 0 Å². The lowest BCUT2D eigenvalue weighted by atomic mass is 10.3. The molecule has 0 heterocycles. The molecule has 0 bridgehead atoms. The van der Waals surface area contributed by atoms with Crippen LogP contribution in [0.25, 0.3) is 0 Å². The fourth-order valence-corrected chi connectivity index (χ4v) is 4.29. The van der Waals surface area contributed by atoms with E-state index in [1.807, 2.05) is 0 Å². The molecule has 1 fully saturated rings. The van der Waals surface area contributed by atoms with Gasteiger partial charge in [-0.15, -0.1) is 0 Å². The summed E-state index contributed by atoms with van der Waals surface area (Å²) in [7, 11) is -4.02. The fourth-order valence-electron chi connectivity index (χ4n) is 1.99. The Bertz CT molecular complexity index is 550. The van der Waals surface area contributed by atoms with E-state index in [0.717, 1.165) is 25.0 Å². The zero-order chi connectivity index (χ0) is 13.3. The predicted molar refractivity (Wildman–Crippen MR) is 67.0 cm³/mol. The lowest BCUT2D eigenvalue weighted by Gasteiger charge is -2.16. The molecule has 1 saturated carbocycles. The molecule has 1 aromatic rings. The summed E-state index contributed by atoms with van der Waals surface area (Å²) in [6, 6.07) is 2.11. The third kappa shape index (κ3) is 2.89. The highest BCUT2D eigenvalue weighted by Gasteiger charge is 2.30. The molecule has 0 aliphatic heterocycles. The SMILES string of the molecule is O=S(=O)(NC1CCCC1Br)c1cc(F)ccc1F. The Labute approximate surface area is 113 Å². The number of halogens is 3. The van der Waals surface area contributed by atoms with Gasteiger partial charge in [-0.05, 0) is 31.0 Å². The topological polar surface area (TPSA) is 46.2 Å². The summed E-state index contributed by atoms with van der Waals surface area (Å²) in [6.07, 6.45) is 2.44. The lowest BCUT2D eigenvalue weighted by molar-refractivity contribution is 0.532. The van der Waals surface area contributed by atoms with E-state index >= 15 is 0 Å². The van der Waals surface area contributed by atoms with E-state index in [1.54, 1.807) is 0 Å². The molecule has 1 aromatic carbocycles. The van der Waals surface area contributed by atoms with Crippen LogP contribution in [0.1, 0.15) is 19.3 Å². The molecule has 1 aliphatic carbocycles. The molecule has 2 rings (SSSR count). The number of nitrogens with one attached hydrogen (secondary N) is 1. The number of sulfonamides is 1. The van der Waals surface area contributed by atoms with E-state index in [9.17, 15) is 17.2 Å². The molecule has 0 saturated heterocycles. The summed E-state index contributed by atoms with van der Waals surface area (Å²) >= 11 is 3.37. The average Bonchev–Trinajstić information content (AvgIpc) is 2.67. The number of benzene rings is 1. The molecule has 3 nitrogen and oxygen atoms in total. The Balaban J connectivity index is 2.28. The second-order valence-corrected chi connectivity index (χ2v) is 7.11. The quantitative estimate of drug-likeness (QED) is 0.860. The molecule has 100 valence electrons. The Morgan fingerprint density at radius 1 is 1.28 bits per heavy atom. The molecule has 0 spiro atoms. The van der Waals surface area contributed by atoms with E-state index in [2.05, 4.69) is 20.7 Å². The van der Waals surface area contributed by atoms with Crippen molar-refractivity contribution in [2.45, 2.75) is 35.0 Å². The van der Waals surface area contributed by atoms with Gasteiger partial charge in [-0.25, -0.2) is 21.9 Å². The molecule has 0 aromatic heterocycles. The van der Waals surface area contributed by atoms with Crippen LogP contribution < -0.4 is 4.72 Å². The molecule has 2 unspecified atom stereocenters. The largest absolute Gasteiger partial charge is 0.243 e. The van der Waals surface area contributed by atoms with Crippen molar-refractivity contribution in [1.82, 2.24) is 4.72 Å². The number of alkyl halides is 1. The van der Waals surface area contributed by atoms with Crippen LogP contribution in [0, 0.1) is 11.6 Å². The standard InChI is InChI=1S/C11H12BrF2NO2S/c12-8-2-1-3-10(8)15-18(16,17)11-6-7(13)4-5-9(11)14/h4-6,8,10,15H,1-3H2. The molecule has 1 aliphatic rings. The van der Waals surface area contributed by atoms with Gasteiger partial charge in [-0.3, -0.25) is 0 Å². The second kappa shape index (κ2) is 5.22. The highest BCUT2D eigenvalue weighted by Crippen LogP contribution is 2.27. The molecule has 0 radical (unpaired) electrons. The predicted octanol–water partition coefficient (Wildman–Crippen LogP) is 2.56. The van der Waals surface area contributed by atoms with E-state index in [-0.39, 0.29) is 10.9 Å². The molecule has 2 atom stereocenters. The third-order valence-electron chi connectivity index (χ3n) is 2.92. The highest BCUT2D eigenvalue weighted by molar-refractivity contribution is 9.09. The fraction of sp³-hybridized carbons (Fsp3) is 0.455. The van der Waals surface area contributed by atoms with Crippen molar-refractivity contribution in [2.24, 2.45) is 0 Å². The molecular weight excluding hydrogens is 328 g/mol. The molecule has 0 amide bonds. The zero-order valence-corrected chi connectivity index (χ0v) is 11.8. The van der Waals surface area contributed by atoms with Gasteiger partial charge < -0.3 is 0 Å². The highest BCUT2D eigenvalue weighted by atomic mass is 79.9. The summed E-state index contributed by atoms with van der Waals surface area (Å²) in [5.74, 6) is -1.73. The summed E-state index contributed by atoms with van der Waals surface area (Å²) in [5, 5.41) is 0. The Morgan fingerprint density at radius 3 is 2.61 bits per heavy atom. The van der Waals surface area contributed by atoms with Crippen LogP contribution in [0.4, 0.5) is 8.78 Å². The molecule has 7 heteroatoms. The number of hydrogen-bond donors (Lipinski definition) is 1. The van der Waals surface area contributed by atoms with Gasteiger partial charge in [-0.2, -0.15) is 0 Å². The zero-order valence-electron chi connectivity index (χ0n) is 9.37. The maximum atomic E-state index is 13.4. The van der Waals surface area contributed by atoms with Crippen LogP contribution in [0.3, 0.4) is 0 Å². The van der Waals surface area contributed by atoms with Crippen molar-refractivity contribution in [3.8, 4) is 0 Å². The van der Waals surface area contributed by atoms with E-state index < -0.39 is 26.6 Å². The second-order valence-electron chi connectivity index (χ2n) is 4.25. The van der Waals surface area contributed by atoms with E-state index in [4.69, 9.17) is 0 Å². The van der Waals surface area contributed by atoms with Gasteiger partial charge in [0.2, 0.25) is 10.0 Å². The van der Waals surface area contributed by atoms with Gasteiger partial charge in [0.25, 0.3) is 0 Å². The van der Waals surface area contributed by atoms with Gasteiger partial charge in [0.05, 0.1) is 0 Å². The van der Waals surface area contributed by atoms with Crippen molar-refractivity contribution >= 4 is 26.0 Å². The Morgan fingerprint density at radius 2 is 2.00 bits per heavy atom. The Hall–Kier alpha value is -0.530. The molecular formula is C11H12BrF2NO2S. The minimum atomic E-state index is -4.02. The lowest BCUT2D eigenvalue weighted by Crippen LogP contribution is -2.38. The third-order valence-corrected chi connectivity index (χ3v) is 5.52. The first-order valence-corrected chi connectivity index (χ1v) is 7.91. The van der Waals surface area contributed by atoms with Gasteiger partial charge in [0.15, 0.2) is 0 Å². The van der Waals surface area contributed by atoms with E-state index in [0.29, 0.717) is 12.5 Å². The van der Waals surface area contributed by atoms with Crippen molar-refractivity contribution in [3.05, 3.63) is 29.8 Å².